The summed E-state index contributed by atoms with van der Waals surface area (Å²) in [5, 5.41) is 2.89. The van der Waals surface area contributed by atoms with Gasteiger partial charge in [0.2, 0.25) is 11.8 Å². The van der Waals surface area contributed by atoms with Crippen molar-refractivity contribution in [2.75, 3.05) is 36.6 Å². The minimum absolute atomic E-state index is 0.0226. The van der Waals surface area contributed by atoms with Gasteiger partial charge in [0, 0.05) is 24.3 Å². The van der Waals surface area contributed by atoms with E-state index in [0.29, 0.717) is 43.5 Å². The highest BCUT2D eigenvalue weighted by Gasteiger charge is 2.32. The van der Waals surface area contributed by atoms with Crippen molar-refractivity contribution in [1.82, 2.24) is 0 Å². The monoisotopic (exact) mass is 375 g/mol. The van der Waals surface area contributed by atoms with Gasteiger partial charge in [-0.1, -0.05) is 20.8 Å². The number of fused-ring (bicyclic) bond motifs is 1. The van der Waals surface area contributed by atoms with E-state index < -0.39 is 11.5 Å². The molecular weight excluding hydrogens is 346 g/mol. The van der Waals surface area contributed by atoms with Crippen LogP contribution < -0.4 is 20.7 Å². The van der Waals surface area contributed by atoms with Crippen LogP contribution in [0, 0.1) is 11.3 Å². The fraction of sp³-hybridized carbons (Fsp3) is 0.600. The molecule has 0 saturated carbocycles. The third-order valence-corrected chi connectivity index (χ3v) is 5.05. The third kappa shape index (κ3) is 4.42. The number of carbonyl (C=O) groups excluding carboxylic acids is 2. The smallest absolute Gasteiger partial charge is 0.241 e. The standard InChI is InChI=1S/C20H29N3O4/c1-20(2,3)19(25)23-8-11-27-16-5-4-14(12-15(16)23)22-18(24)17(21)13-6-9-26-10-7-13/h4-5,12-13,17H,6-11,21H2,1-3H3,(H,22,24). The molecule has 0 spiro atoms. The van der Waals surface area contributed by atoms with Gasteiger partial charge in [0.1, 0.15) is 12.4 Å². The second-order valence-corrected chi connectivity index (χ2v) is 8.20. The maximum absolute atomic E-state index is 12.8. The number of amides is 2. The normalized spacial score (nSPS) is 19.0. The predicted molar refractivity (Wildman–Crippen MR) is 104 cm³/mol. The van der Waals surface area contributed by atoms with Crippen molar-refractivity contribution in [1.29, 1.82) is 0 Å². The van der Waals surface area contributed by atoms with Crippen LogP contribution in [0.25, 0.3) is 0 Å². The van der Waals surface area contributed by atoms with Gasteiger partial charge in [-0.15, -0.1) is 0 Å². The molecule has 1 aromatic carbocycles. The van der Waals surface area contributed by atoms with E-state index in [1.165, 1.54) is 0 Å². The number of ether oxygens (including phenoxy) is 2. The number of carbonyl (C=O) groups is 2. The topological polar surface area (TPSA) is 93.9 Å². The molecule has 0 aromatic heterocycles. The summed E-state index contributed by atoms with van der Waals surface area (Å²) >= 11 is 0. The largest absolute Gasteiger partial charge is 0.490 e. The number of nitrogens with zero attached hydrogens (tertiary/aromatic N) is 1. The maximum atomic E-state index is 12.8. The Morgan fingerprint density at radius 2 is 1.93 bits per heavy atom. The number of hydrogen-bond acceptors (Lipinski definition) is 5. The summed E-state index contributed by atoms with van der Waals surface area (Å²) in [6, 6.07) is 4.77. The van der Waals surface area contributed by atoms with Gasteiger partial charge in [0.25, 0.3) is 0 Å². The number of anilines is 2. The van der Waals surface area contributed by atoms with Crippen LogP contribution in [-0.4, -0.2) is 44.2 Å². The van der Waals surface area contributed by atoms with Crippen LogP contribution in [0.1, 0.15) is 33.6 Å². The van der Waals surface area contributed by atoms with E-state index in [2.05, 4.69) is 5.32 Å². The summed E-state index contributed by atoms with van der Waals surface area (Å²) in [6.45, 7) is 7.91. The zero-order valence-electron chi connectivity index (χ0n) is 16.3. The second kappa shape index (κ2) is 7.86. The molecule has 148 valence electrons. The zero-order chi connectivity index (χ0) is 19.6. The van der Waals surface area contributed by atoms with Gasteiger partial charge in [-0.3, -0.25) is 9.59 Å². The molecule has 1 unspecified atom stereocenters. The Hall–Kier alpha value is -2.12. The molecule has 7 heteroatoms. The summed E-state index contributed by atoms with van der Waals surface area (Å²) < 4.78 is 11.0. The molecule has 1 saturated heterocycles. The maximum Gasteiger partial charge on any atom is 0.241 e. The van der Waals surface area contributed by atoms with Gasteiger partial charge in [0.05, 0.1) is 18.3 Å². The fourth-order valence-electron chi connectivity index (χ4n) is 3.43. The van der Waals surface area contributed by atoms with Gasteiger partial charge in [-0.25, -0.2) is 0 Å². The molecule has 2 amide bonds. The van der Waals surface area contributed by atoms with E-state index >= 15 is 0 Å². The van der Waals surface area contributed by atoms with Crippen LogP contribution in [-0.2, 0) is 14.3 Å². The van der Waals surface area contributed by atoms with Gasteiger partial charge >= 0.3 is 0 Å². The van der Waals surface area contributed by atoms with Crippen LogP contribution in [0.5, 0.6) is 5.75 Å². The third-order valence-electron chi connectivity index (χ3n) is 5.05. The van der Waals surface area contributed by atoms with Gasteiger partial charge < -0.3 is 25.4 Å². The van der Waals surface area contributed by atoms with Crippen LogP contribution in [0.4, 0.5) is 11.4 Å². The van der Waals surface area contributed by atoms with Crippen molar-refractivity contribution >= 4 is 23.2 Å². The van der Waals surface area contributed by atoms with Gasteiger partial charge in [0.15, 0.2) is 0 Å². The Bertz CT molecular complexity index is 708. The van der Waals surface area contributed by atoms with Gasteiger partial charge in [-0.2, -0.15) is 0 Å². The van der Waals surface area contributed by atoms with E-state index in [4.69, 9.17) is 15.2 Å². The fourth-order valence-corrected chi connectivity index (χ4v) is 3.43. The van der Waals surface area contributed by atoms with E-state index in [1.54, 1.807) is 23.1 Å². The first-order chi connectivity index (χ1) is 12.8. The highest BCUT2D eigenvalue weighted by Crippen LogP contribution is 2.36. The van der Waals surface area contributed by atoms with Crippen molar-refractivity contribution in [3.8, 4) is 5.75 Å². The van der Waals surface area contributed by atoms with Crippen molar-refractivity contribution < 1.29 is 19.1 Å². The molecule has 7 nitrogen and oxygen atoms in total. The van der Waals surface area contributed by atoms with Crippen LogP contribution in [0.3, 0.4) is 0 Å². The Morgan fingerprint density at radius 3 is 2.59 bits per heavy atom. The lowest BCUT2D eigenvalue weighted by atomic mass is 9.92. The molecule has 1 atom stereocenters. The predicted octanol–water partition coefficient (Wildman–Crippen LogP) is 2.15. The second-order valence-electron chi connectivity index (χ2n) is 8.20. The highest BCUT2D eigenvalue weighted by atomic mass is 16.5. The van der Waals surface area contributed by atoms with Crippen LogP contribution >= 0.6 is 0 Å². The lowest BCUT2D eigenvalue weighted by molar-refractivity contribution is -0.126. The first-order valence-corrected chi connectivity index (χ1v) is 9.50. The van der Waals surface area contributed by atoms with E-state index in [9.17, 15) is 9.59 Å². The highest BCUT2D eigenvalue weighted by molar-refractivity contribution is 6.00. The molecule has 27 heavy (non-hydrogen) atoms. The van der Waals surface area contributed by atoms with Crippen molar-refractivity contribution in [3.05, 3.63) is 18.2 Å². The summed E-state index contributed by atoms with van der Waals surface area (Å²) in [5.41, 5.74) is 6.94. The number of benzene rings is 1. The summed E-state index contributed by atoms with van der Waals surface area (Å²) in [5.74, 6) is 0.575. The van der Waals surface area contributed by atoms with Crippen molar-refractivity contribution in [2.45, 2.75) is 39.7 Å². The molecule has 2 aliphatic heterocycles. The molecule has 1 fully saturated rings. The molecule has 3 rings (SSSR count). The number of nitrogens with two attached hydrogens (primary N) is 1. The van der Waals surface area contributed by atoms with E-state index in [-0.39, 0.29) is 17.7 Å². The number of hydrogen-bond donors (Lipinski definition) is 2. The SMILES string of the molecule is CC(C)(C)C(=O)N1CCOc2ccc(NC(=O)C(N)C3CCOCC3)cc21. The Kier molecular flexibility index (Phi) is 5.72. The molecule has 1 aromatic rings. The first kappa shape index (κ1) is 19.6. The number of rotatable bonds is 3. The minimum Gasteiger partial charge on any atom is -0.490 e. The number of nitrogens with one attached hydrogen (secondary N) is 1. The van der Waals surface area contributed by atoms with Crippen LogP contribution in [0.15, 0.2) is 18.2 Å². The lowest BCUT2D eigenvalue weighted by Gasteiger charge is -2.34. The van der Waals surface area contributed by atoms with E-state index in [0.717, 1.165) is 12.8 Å². The quantitative estimate of drug-likeness (QED) is 0.844. The first-order valence-electron chi connectivity index (χ1n) is 9.50. The molecule has 3 N–H and O–H groups in total. The van der Waals surface area contributed by atoms with E-state index in [1.807, 2.05) is 20.8 Å². The van der Waals surface area contributed by atoms with Crippen molar-refractivity contribution in [3.63, 3.8) is 0 Å². The molecule has 2 heterocycles. The Balaban J connectivity index is 1.76. The minimum atomic E-state index is -0.575. The summed E-state index contributed by atoms with van der Waals surface area (Å²) in [4.78, 5) is 27.1. The molecule has 2 aliphatic rings. The molecule has 0 radical (unpaired) electrons. The lowest BCUT2D eigenvalue weighted by Crippen LogP contribution is -2.44. The average molecular weight is 375 g/mol. The van der Waals surface area contributed by atoms with Crippen molar-refractivity contribution in [2.24, 2.45) is 17.1 Å². The van der Waals surface area contributed by atoms with Gasteiger partial charge in [-0.05, 0) is 37.0 Å². The average Bonchev–Trinajstić information content (AvgIpc) is 2.66. The Labute approximate surface area is 160 Å². The summed E-state index contributed by atoms with van der Waals surface area (Å²) in [7, 11) is 0. The Morgan fingerprint density at radius 1 is 1.22 bits per heavy atom. The van der Waals surface area contributed by atoms with Crippen LogP contribution in [0.2, 0.25) is 0 Å². The molecule has 0 aliphatic carbocycles. The zero-order valence-corrected chi connectivity index (χ0v) is 16.3. The molecular formula is C20H29N3O4. The summed E-state index contributed by atoms with van der Waals surface area (Å²) in [6.07, 6.45) is 1.58. The molecule has 0 bridgehead atoms.